The zero-order valence-corrected chi connectivity index (χ0v) is 7.36. The third-order valence-corrected chi connectivity index (χ3v) is 2.17. The molecule has 0 bridgehead atoms. The number of thiophene rings is 1. The molecular weight excluding hydrogens is 170 g/mol. The quantitative estimate of drug-likeness (QED) is 0.553. The van der Waals surface area contributed by atoms with E-state index in [-0.39, 0.29) is 5.91 Å². The van der Waals surface area contributed by atoms with Gasteiger partial charge in [-0.2, -0.15) is 0 Å². The minimum Gasteiger partial charge on any atom is -0.350 e. The molecular formula is C9H9NOS. The highest BCUT2D eigenvalue weighted by Gasteiger charge is 2.03. The van der Waals surface area contributed by atoms with Crippen molar-refractivity contribution in [2.24, 2.45) is 0 Å². The van der Waals surface area contributed by atoms with E-state index in [4.69, 9.17) is 6.42 Å². The Morgan fingerprint density at radius 3 is 3.17 bits per heavy atom. The molecule has 0 radical (unpaired) electrons. The first-order valence-corrected chi connectivity index (χ1v) is 4.47. The molecule has 0 aliphatic rings. The second-order valence-electron chi connectivity index (χ2n) is 2.19. The summed E-state index contributed by atoms with van der Waals surface area (Å²) in [7, 11) is 0. The highest BCUT2D eigenvalue weighted by atomic mass is 32.1. The van der Waals surface area contributed by atoms with Crippen LogP contribution in [-0.2, 0) is 0 Å². The van der Waals surface area contributed by atoms with E-state index in [0.717, 1.165) is 4.88 Å². The summed E-state index contributed by atoms with van der Waals surface area (Å²) in [6.07, 6.45) is 5.62. The third-order valence-electron chi connectivity index (χ3n) is 1.30. The summed E-state index contributed by atoms with van der Waals surface area (Å²) in [6, 6.07) is 3.64. The average molecular weight is 179 g/mol. The van der Waals surface area contributed by atoms with Crippen molar-refractivity contribution in [2.45, 2.75) is 6.42 Å². The van der Waals surface area contributed by atoms with Gasteiger partial charge in [-0.3, -0.25) is 4.79 Å². The van der Waals surface area contributed by atoms with Crippen LogP contribution in [0.4, 0.5) is 0 Å². The Morgan fingerprint density at radius 2 is 2.58 bits per heavy atom. The van der Waals surface area contributed by atoms with Gasteiger partial charge in [0.25, 0.3) is 5.91 Å². The van der Waals surface area contributed by atoms with Crippen LogP contribution in [0.1, 0.15) is 16.1 Å². The molecule has 3 heteroatoms. The largest absolute Gasteiger partial charge is 0.350 e. The van der Waals surface area contributed by atoms with Crippen molar-refractivity contribution in [3.8, 4) is 12.3 Å². The lowest BCUT2D eigenvalue weighted by Gasteiger charge is -1.98. The number of hydrogen-bond donors (Lipinski definition) is 1. The molecule has 1 heterocycles. The van der Waals surface area contributed by atoms with Crippen LogP contribution >= 0.6 is 11.3 Å². The van der Waals surface area contributed by atoms with Crippen molar-refractivity contribution in [3.63, 3.8) is 0 Å². The molecule has 0 saturated carbocycles. The molecule has 12 heavy (non-hydrogen) atoms. The Labute approximate surface area is 75.6 Å². The molecule has 0 aromatic carbocycles. The molecule has 0 spiro atoms. The fourth-order valence-corrected chi connectivity index (χ4v) is 1.38. The van der Waals surface area contributed by atoms with Crippen LogP contribution in [-0.4, -0.2) is 12.5 Å². The molecule has 0 fully saturated rings. The van der Waals surface area contributed by atoms with Gasteiger partial charge in [0.15, 0.2) is 0 Å². The Kier molecular flexibility index (Phi) is 3.36. The van der Waals surface area contributed by atoms with Crippen LogP contribution in [0.15, 0.2) is 17.5 Å². The maximum Gasteiger partial charge on any atom is 0.261 e. The van der Waals surface area contributed by atoms with Gasteiger partial charge in [0.1, 0.15) is 0 Å². The Hall–Kier alpha value is -1.27. The summed E-state index contributed by atoms with van der Waals surface area (Å²) >= 11 is 1.43. The first-order chi connectivity index (χ1) is 5.84. The van der Waals surface area contributed by atoms with Gasteiger partial charge in [-0.05, 0) is 11.4 Å². The fourth-order valence-electron chi connectivity index (χ4n) is 0.743. The molecule has 1 rings (SSSR count). The van der Waals surface area contributed by atoms with E-state index in [9.17, 15) is 4.79 Å². The second kappa shape index (κ2) is 4.58. The number of terminal acetylenes is 1. The van der Waals surface area contributed by atoms with E-state index in [1.165, 1.54) is 11.3 Å². The van der Waals surface area contributed by atoms with E-state index >= 15 is 0 Å². The van der Waals surface area contributed by atoms with Crippen molar-refractivity contribution < 1.29 is 4.79 Å². The first kappa shape index (κ1) is 8.82. The molecule has 62 valence electrons. The van der Waals surface area contributed by atoms with E-state index in [0.29, 0.717) is 13.0 Å². The van der Waals surface area contributed by atoms with Crippen LogP contribution in [0, 0.1) is 12.3 Å². The maximum atomic E-state index is 11.2. The number of carbonyl (C=O) groups is 1. The summed E-state index contributed by atoms with van der Waals surface area (Å²) in [5.74, 6) is 2.42. The number of rotatable bonds is 3. The van der Waals surface area contributed by atoms with Crippen molar-refractivity contribution in [2.75, 3.05) is 6.54 Å². The zero-order chi connectivity index (χ0) is 8.81. The van der Waals surface area contributed by atoms with Gasteiger partial charge < -0.3 is 5.32 Å². The molecule has 0 atom stereocenters. The molecule has 1 aromatic rings. The molecule has 0 saturated heterocycles. The van der Waals surface area contributed by atoms with Crippen molar-refractivity contribution in [3.05, 3.63) is 22.4 Å². The molecule has 1 N–H and O–H groups in total. The zero-order valence-electron chi connectivity index (χ0n) is 6.54. The standard InChI is InChI=1S/C9H9NOS/c1-2-3-6-10-9(11)8-5-4-7-12-8/h1,4-5,7H,3,6H2,(H,10,11). The number of carbonyl (C=O) groups excluding carboxylic acids is 1. The summed E-state index contributed by atoms with van der Waals surface area (Å²) in [5, 5.41) is 4.59. The van der Waals surface area contributed by atoms with Gasteiger partial charge in [-0.15, -0.1) is 23.7 Å². The van der Waals surface area contributed by atoms with Gasteiger partial charge in [0.2, 0.25) is 0 Å². The van der Waals surface area contributed by atoms with E-state index in [1.54, 1.807) is 6.07 Å². The first-order valence-electron chi connectivity index (χ1n) is 3.60. The molecule has 2 nitrogen and oxygen atoms in total. The molecule has 1 aromatic heterocycles. The van der Waals surface area contributed by atoms with Crippen molar-refractivity contribution in [1.29, 1.82) is 0 Å². The smallest absolute Gasteiger partial charge is 0.261 e. The van der Waals surface area contributed by atoms with Gasteiger partial charge in [-0.25, -0.2) is 0 Å². The summed E-state index contributed by atoms with van der Waals surface area (Å²) < 4.78 is 0. The predicted octanol–water partition coefficient (Wildman–Crippen LogP) is 1.50. The van der Waals surface area contributed by atoms with Gasteiger partial charge >= 0.3 is 0 Å². The van der Waals surface area contributed by atoms with Gasteiger partial charge in [0.05, 0.1) is 4.88 Å². The minimum absolute atomic E-state index is 0.0414. The second-order valence-corrected chi connectivity index (χ2v) is 3.14. The Balaban J connectivity index is 2.36. The van der Waals surface area contributed by atoms with Gasteiger partial charge in [-0.1, -0.05) is 6.07 Å². The van der Waals surface area contributed by atoms with Crippen LogP contribution in [0.2, 0.25) is 0 Å². The van der Waals surface area contributed by atoms with Crippen molar-refractivity contribution >= 4 is 17.2 Å². The van der Waals surface area contributed by atoms with E-state index in [2.05, 4.69) is 11.2 Å². The highest BCUT2D eigenvalue weighted by Crippen LogP contribution is 2.07. The molecule has 0 unspecified atom stereocenters. The lowest BCUT2D eigenvalue weighted by atomic mass is 10.4. The summed E-state index contributed by atoms with van der Waals surface area (Å²) in [6.45, 7) is 0.549. The van der Waals surface area contributed by atoms with Crippen LogP contribution < -0.4 is 5.32 Å². The number of hydrogen-bond acceptors (Lipinski definition) is 2. The molecule has 1 amide bonds. The highest BCUT2D eigenvalue weighted by molar-refractivity contribution is 7.12. The van der Waals surface area contributed by atoms with Crippen LogP contribution in [0.5, 0.6) is 0 Å². The lowest BCUT2D eigenvalue weighted by molar-refractivity contribution is 0.0958. The predicted molar refractivity (Wildman–Crippen MR) is 50.1 cm³/mol. The third kappa shape index (κ3) is 2.40. The number of nitrogens with one attached hydrogen (secondary N) is 1. The monoisotopic (exact) mass is 179 g/mol. The average Bonchev–Trinajstić information content (AvgIpc) is 2.56. The Morgan fingerprint density at radius 1 is 1.75 bits per heavy atom. The van der Waals surface area contributed by atoms with E-state index < -0.39 is 0 Å². The lowest BCUT2D eigenvalue weighted by Crippen LogP contribution is -2.23. The SMILES string of the molecule is C#CCCNC(=O)c1cccs1. The van der Waals surface area contributed by atoms with Crippen molar-refractivity contribution in [1.82, 2.24) is 5.32 Å². The van der Waals surface area contributed by atoms with Crippen LogP contribution in [0.3, 0.4) is 0 Å². The summed E-state index contributed by atoms with van der Waals surface area (Å²) in [5.41, 5.74) is 0. The van der Waals surface area contributed by atoms with Gasteiger partial charge in [0, 0.05) is 13.0 Å². The summed E-state index contributed by atoms with van der Waals surface area (Å²) in [4.78, 5) is 11.9. The number of amides is 1. The topological polar surface area (TPSA) is 29.1 Å². The van der Waals surface area contributed by atoms with E-state index in [1.807, 2.05) is 11.4 Å². The van der Waals surface area contributed by atoms with Crippen LogP contribution in [0.25, 0.3) is 0 Å². The fraction of sp³-hybridized carbons (Fsp3) is 0.222. The molecule has 0 aliphatic heterocycles. The normalized spacial score (nSPS) is 8.92. The maximum absolute atomic E-state index is 11.2. The Bertz CT molecular complexity index is 284. The minimum atomic E-state index is -0.0414. The molecule has 0 aliphatic carbocycles.